The Morgan fingerprint density at radius 1 is 0.385 bits per heavy atom. The molecule has 0 aliphatic heterocycles. The fourth-order valence-corrected chi connectivity index (χ4v) is 5.98. The van der Waals surface area contributed by atoms with E-state index >= 15 is 0 Å². The maximum atomic E-state index is 5.00. The number of hydrogen-bond acceptors (Lipinski definition) is 0. The van der Waals surface area contributed by atoms with Gasteiger partial charge in [-0.05, 0) is 50.4 Å². The van der Waals surface area contributed by atoms with Crippen LogP contribution in [0, 0.1) is 0 Å². The molecule has 0 radical (unpaired) electrons. The molecule has 4 aromatic rings. The molecule has 0 aromatic heterocycles. The van der Waals surface area contributed by atoms with Gasteiger partial charge >= 0.3 is 84.0 Å². The largest absolute Gasteiger partial charge is 2.00 e. The Balaban J connectivity index is -0.000000106. The van der Waals surface area contributed by atoms with Crippen molar-refractivity contribution in [2.75, 3.05) is 13.3 Å². The first-order chi connectivity index (χ1) is 15.5. The van der Waals surface area contributed by atoms with Crippen LogP contribution >= 0.6 is 42.6 Å². The molecule has 0 heterocycles. The van der Waals surface area contributed by atoms with E-state index in [1.807, 2.05) is 0 Å². The van der Waals surface area contributed by atoms with Crippen LogP contribution in [0.4, 0.5) is 0 Å². The minimum absolute atomic E-state index is 0. The van der Waals surface area contributed by atoms with Gasteiger partial charge in [-0.25, -0.2) is 0 Å². The normalized spacial score (nSPS) is 8.18. The van der Waals surface area contributed by atoms with Gasteiger partial charge in [0.15, 0.2) is 0 Å². The van der Waals surface area contributed by atoms with Crippen LogP contribution in [0.3, 0.4) is 0 Å². The molecule has 0 spiro atoms. The molecule has 0 atom stereocenters. The summed E-state index contributed by atoms with van der Waals surface area (Å²) < 4.78 is 0. The van der Waals surface area contributed by atoms with Gasteiger partial charge in [0.2, 0.25) is 0 Å². The van der Waals surface area contributed by atoms with E-state index in [4.69, 9.17) is 26.8 Å². The Morgan fingerprint density at radius 2 is 0.513 bits per heavy atom. The summed E-state index contributed by atoms with van der Waals surface area (Å²) in [5, 5.41) is 5.75. The van der Waals surface area contributed by atoms with Crippen molar-refractivity contribution >= 4 is 80.2 Å². The van der Waals surface area contributed by atoms with Gasteiger partial charge in [0.25, 0.3) is 0 Å². The summed E-state index contributed by atoms with van der Waals surface area (Å²) in [6, 6.07) is 42.8. The zero-order valence-electron chi connectivity index (χ0n) is 20.6. The molecule has 4 aromatic carbocycles. The van der Waals surface area contributed by atoms with Gasteiger partial charge in [0.1, 0.15) is 0 Å². The van der Waals surface area contributed by atoms with Crippen molar-refractivity contribution in [3.05, 3.63) is 121 Å². The topological polar surface area (TPSA) is 0 Å². The first-order valence-corrected chi connectivity index (χ1v) is 24.4. The number of benzene rings is 4. The molecule has 0 bridgehead atoms. The van der Waals surface area contributed by atoms with Crippen molar-refractivity contribution in [2.24, 2.45) is 0 Å². The quantitative estimate of drug-likeness (QED) is 0.141. The summed E-state index contributed by atoms with van der Waals surface area (Å²) in [4.78, 5) is 0. The fraction of sp³-hybridized carbons (Fsp3) is 0.0769. The number of hydrogen-bond donors (Lipinski definition) is 0. The average Bonchev–Trinajstić information content (AvgIpc) is 2.85. The smallest absolute Gasteiger partial charge is 2.00 e. The molecular formula is C26H26Cl8P2Pd2Sn. The SMILES string of the molecule is CP(c1ccccc1)c1ccccc1.CP(c1ccccc1)c1ccccc1.[Cl-].[Cl-].[Cl-].[Cl-].[Cl-].[Cl][Sn+]([Cl])[Cl].[Pd+2].[Pd+2]. The van der Waals surface area contributed by atoms with Crippen molar-refractivity contribution in [1.29, 1.82) is 0 Å². The van der Waals surface area contributed by atoms with Gasteiger partial charge in [-0.15, -0.1) is 0 Å². The van der Waals surface area contributed by atoms with E-state index in [-0.39, 0.29) is 119 Å². The Kier molecular flexibility index (Phi) is 45.6. The van der Waals surface area contributed by atoms with E-state index in [1.54, 1.807) is 0 Å². The van der Waals surface area contributed by atoms with Crippen LogP contribution in [0.25, 0.3) is 0 Å². The van der Waals surface area contributed by atoms with E-state index in [1.165, 1.54) is 21.2 Å². The van der Waals surface area contributed by atoms with Crippen molar-refractivity contribution in [3.8, 4) is 0 Å². The summed E-state index contributed by atoms with van der Waals surface area (Å²) in [5.41, 5.74) is 0. The summed E-state index contributed by atoms with van der Waals surface area (Å²) in [7, 11) is 14.7. The van der Waals surface area contributed by atoms with Crippen molar-refractivity contribution in [3.63, 3.8) is 0 Å². The van der Waals surface area contributed by atoms with Crippen molar-refractivity contribution in [2.45, 2.75) is 0 Å². The van der Waals surface area contributed by atoms with Crippen LogP contribution in [0.5, 0.6) is 0 Å². The molecule has 39 heavy (non-hydrogen) atoms. The van der Waals surface area contributed by atoms with Crippen molar-refractivity contribution in [1.82, 2.24) is 0 Å². The molecule has 0 N–H and O–H groups in total. The zero-order valence-corrected chi connectivity index (χ0v) is 34.4. The van der Waals surface area contributed by atoms with Crippen LogP contribution in [0.2, 0.25) is 0 Å². The second-order valence-corrected chi connectivity index (χ2v) is 23.7. The van der Waals surface area contributed by atoms with E-state index in [0.717, 1.165) is 0 Å². The molecule has 0 nitrogen and oxygen atoms in total. The Morgan fingerprint density at radius 3 is 0.641 bits per heavy atom. The third-order valence-electron chi connectivity index (χ3n) is 4.57. The molecule has 0 amide bonds. The van der Waals surface area contributed by atoms with Gasteiger partial charge in [0.05, 0.1) is 0 Å². The maximum Gasteiger partial charge on any atom is 2.00 e. The van der Waals surface area contributed by atoms with Crippen molar-refractivity contribution < 1.29 is 103 Å². The van der Waals surface area contributed by atoms with Gasteiger partial charge in [-0.1, -0.05) is 121 Å². The predicted octanol–water partition coefficient (Wildman–Crippen LogP) is -7.80. The monoisotopic (exact) mass is 1010 g/mol. The standard InChI is InChI=1S/2C13H13P.8ClH.2Pd.Sn/c2*1-14(12-8-4-2-5-9-12)13-10-6-3-7-11-13;;;;;;;;;;;/h2*2-11H,1H3;8*1H;;;/q;;;;;;;;;;2*+2;+4/p-8. The minimum atomic E-state index is -2.13. The third kappa shape index (κ3) is 23.3. The Bertz CT molecular complexity index is 851. The maximum absolute atomic E-state index is 5.00. The average molecular weight is 1020 g/mol. The van der Waals surface area contributed by atoms with Gasteiger partial charge in [0, 0.05) is 0 Å². The molecule has 0 aliphatic rings. The molecule has 0 aliphatic carbocycles. The van der Waals surface area contributed by atoms with E-state index in [2.05, 4.69) is 135 Å². The number of halogens is 8. The molecule has 13 heteroatoms. The molecule has 0 unspecified atom stereocenters. The molecular weight excluding hydrogens is 989 g/mol. The van der Waals surface area contributed by atoms with E-state index in [0.29, 0.717) is 0 Å². The van der Waals surface area contributed by atoms with Crippen LogP contribution in [-0.2, 0) is 40.8 Å². The van der Waals surface area contributed by atoms with Gasteiger partial charge in [-0.3, -0.25) is 0 Å². The van der Waals surface area contributed by atoms with Gasteiger partial charge in [-0.2, -0.15) is 0 Å². The number of rotatable bonds is 4. The van der Waals surface area contributed by atoms with E-state index in [9.17, 15) is 0 Å². The molecule has 0 fully saturated rings. The third-order valence-corrected chi connectivity index (χ3v) is 8.86. The first kappa shape index (κ1) is 53.7. The molecule has 0 saturated carbocycles. The summed E-state index contributed by atoms with van der Waals surface area (Å²) in [5.74, 6) is 0. The first-order valence-electron chi connectivity index (χ1n) is 10.00. The second kappa shape index (κ2) is 33.1. The Hall–Kier alpha value is 2.18. The Labute approximate surface area is 313 Å². The predicted molar refractivity (Wildman–Crippen MR) is 153 cm³/mol. The summed E-state index contributed by atoms with van der Waals surface area (Å²) in [6.07, 6.45) is 0. The minimum Gasteiger partial charge on any atom is 2.00 e. The van der Waals surface area contributed by atoms with E-state index < -0.39 is 16.4 Å². The van der Waals surface area contributed by atoms with Crippen LogP contribution in [0.15, 0.2) is 121 Å². The molecule has 220 valence electrons. The second-order valence-electron chi connectivity index (χ2n) is 6.67. The van der Waals surface area contributed by atoms with Crippen LogP contribution in [-0.4, -0.2) is 29.7 Å². The summed E-state index contributed by atoms with van der Waals surface area (Å²) >= 11 is -2.13. The molecule has 4 rings (SSSR count). The van der Waals surface area contributed by atoms with Crippen LogP contribution < -0.4 is 83.3 Å². The van der Waals surface area contributed by atoms with Crippen LogP contribution in [0.1, 0.15) is 0 Å². The summed E-state index contributed by atoms with van der Waals surface area (Å²) in [6.45, 7) is 4.61. The van der Waals surface area contributed by atoms with Gasteiger partial charge < -0.3 is 62.0 Å². The fourth-order valence-electron chi connectivity index (χ4n) is 2.90. The zero-order chi connectivity index (χ0) is 23.2. The molecule has 0 saturated heterocycles.